The Kier molecular flexibility index (Phi) is 5.80. The van der Waals surface area contributed by atoms with E-state index in [1.165, 1.54) is 0 Å². The zero-order valence-corrected chi connectivity index (χ0v) is 9.56. The summed E-state index contributed by atoms with van der Waals surface area (Å²) in [5.41, 5.74) is 0. The molecule has 16 heavy (non-hydrogen) atoms. The molecule has 0 fully saturated rings. The zero-order valence-electron chi connectivity index (χ0n) is 8.74. The minimum absolute atomic E-state index is 0.316. The van der Waals surface area contributed by atoms with Gasteiger partial charge in [0.15, 0.2) is 10.1 Å². The van der Waals surface area contributed by atoms with Crippen LogP contribution in [0.5, 0.6) is 0 Å². The molecule has 0 saturated carbocycles. The lowest BCUT2D eigenvalue weighted by Gasteiger charge is -2.17. The standard InChI is InChI=1S/C8H14F2O5S/c1-2-3-4-5-6-15-7(11)8(9,10)16(12,13)14/h2-6H2,1H3,(H,12,13,14)/p-1. The van der Waals surface area contributed by atoms with Crippen LogP contribution in [0.4, 0.5) is 8.78 Å². The maximum absolute atomic E-state index is 12.5. The summed E-state index contributed by atoms with van der Waals surface area (Å²) in [7, 11) is -6.01. The molecule has 0 aliphatic rings. The highest BCUT2D eigenvalue weighted by atomic mass is 32.2. The Morgan fingerprint density at radius 3 is 2.31 bits per heavy atom. The second-order valence-electron chi connectivity index (χ2n) is 3.17. The number of carbonyl (C=O) groups is 1. The largest absolute Gasteiger partial charge is 0.743 e. The molecule has 0 aliphatic carbocycles. The van der Waals surface area contributed by atoms with Crippen molar-refractivity contribution in [3.8, 4) is 0 Å². The molecular formula is C8H13F2O5S-. The third-order valence-electron chi connectivity index (χ3n) is 1.78. The molecule has 0 aromatic heterocycles. The molecule has 5 nitrogen and oxygen atoms in total. The number of hydrogen-bond acceptors (Lipinski definition) is 5. The van der Waals surface area contributed by atoms with Gasteiger partial charge in [-0.15, -0.1) is 0 Å². The van der Waals surface area contributed by atoms with E-state index in [9.17, 15) is 26.5 Å². The van der Waals surface area contributed by atoms with Crippen LogP contribution in [-0.4, -0.2) is 30.8 Å². The molecule has 0 unspecified atom stereocenters. The fourth-order valence-electron chi connectivity index (χ4n) is 0.880. The van der Waals surface area contributed by atoms with Crippen LogP contribution in [0.25, 0.3) is 0 Å². The monoisotopic (exact) mass is 259 g/mol. The molecule has 8 heteroatoms. The highest BCUT2D eigenvalue weighted by Crippen LogP contribution is 2.22. The number of carbonyl (C=O) groups excluding carboxylic acids is 1. The molecule has 0 aromatic rings. The predicted molar refractivity (Wildman–Crippen MR) is 49.7 cm³/mol. The van der Waals surface area contributed by atoms with Gasteiger partial charge in [-0.05, 0) is 6.42 Å². The molecule has 0 atom stereocenters. The van der Waals surface area contributed by atoms with Crippen LogP contribution >= 0.6 is 0 Å². The molecule has 0 heterocycles. The summed E-state index contributed by atoms with van der Waals surface area (Å²) >= 11 is 0. The van der Waals surface area contributed by atoms with E-state index in [0.29, 0.717) is 12.8 Å². The number of esters is 1. The number of hydrogen-bond donors (Lipinski definition) is 0. The van der Waals surface area contributed by atoms with Gasteiger partial charge in [-0.3, -0.25) is 0 Å². The second kappa shape index (κ2) is 6.09. The summed E-state index contributed by atoms with van der Waals surface area (Å²) in [6.07, 6.45) is 2.81. The average Bonchev–Trinajstić information content (AvgIpc) is 2.15. The van der Waals surface area contributed by atoms with Crippen molar-refractivity contribution in [3.05, 3.63) is 0 Å². The number of unbranched alkanes of at least 4 members (excludes halogenated alkanes) is 3. The van der Waals surface area contributed by atoms with Crippen LogP contribution in [0, 0.1) is 0 Å². The van der Waals surface area contributed by atoms with E-state index in [0.717, 1.165) is 12.8 Å². The molecule has 0 radical (unpaired) electrons. The summed E-state index contributed by atoms with van der Waals surface area (Å²) < 4.78 is 59.1. The topological polar surface area (TPSA) is 83.5 Å². The Morgan fingerprint density at radius 2 is 1.88 bits per heavy atom. The molecule has 0 spiro atoms. The molecule has 0 saturated heterocycles. The van der Waals surface area contributed by atoms with Gasteiger partial charge in [0.1, 0.15) is 0 Å². The first-order valence-corrected chi connectivity index (χ1v) is 6.14. The summed E-state index contributed by atoms with van der Waals surface area (Å²) in [6.45, 7) is 1.62. The molecule has 0 aromatic carbocycles. The van der Waals surface area contributed by atoms with Gasteiger partial charge in [-0.1, -0.05) is 26.2 Å². The highest BCUT2D eigenvalue weighted by molar-refractivity contribution is 7.87. The second-order valence-corrected chi connectivity index (χ2v) is 4.59. The lowest BCUT2D eigenvalue weighted by Crippen LogP contribution is -2.39. The van der Waals surface area contributed by atoms with E-state index in [1.807, 2.05) is 6.92 Å². The molecule has 96 valence electrons. The van der Waals surface area contributed by atoms with Crippen molar-refractivity contribution in [3.63, 3.8) is 0 Å². The number of halogens is 2. The van der Waals surface area contributed by atoms with Crippen LogP contribution in [0.2, 0.25) is 0 Å². The van der Waals surface area contributed by atoms with E-state index in [4.69, 9.17) is 0 Å². The molecule has 0 amide bonds. The quantitative estimate of drug-likeness (QED) is 0.390. The first kappa shape index (κ1) is 15.2. The van der Waals surface area contributed by atoms with Crippen molar-refractivity contribution in [1.82, 2.24) is 0 Å². The molecule has 0 rings (SSSR count). The lowest BCUT2D eigenvalue weighted by molar-refractivity contribution is -0.161. The molecule has 0 N–H and O–H groups in total. The molecule has 0 aliphatic heterocycles. The Labute approximate surface area is 92.5 Å². The van der Waals surface area contributed by atoms with Gasteiger partial charge >= 0.3 is 11.2 Å². The summed E-state index contributed by atoms with van der Waals surface area (Å²) in [5.74, 6) is -2.31. The smallest absolute Gasteiger partial charge is 0.428 e. The number of rotatable bonds is 7. The van der Waals surface area contributed by atoms with E-state index in [-0.39, 0.29) is 6.61 Å². The Bertz CT molecular complexity index is 325. The molecule has 0 bridgehead atoms. The molecular weight excluding hydrogens is 246 g/mol. The van der Waals surface area contributed by atoms with Gasteiger partial charge in [-0.25, -0.2) is 13.2 Å². The number of ether oxygens (including phenoxy) is 1. The fourth-order valence-corrected chi connectivity index (χ4v) is 1.14. The van der Waals surface area contributed by atoms with Crippen molar-refractivity contribution < 1.29 is 31.3 Å². The zero-order chi connectivity index (χ0) is 12.8. The summed E-state index contributed by atoms with van der Waals surface area (Å²) in [6, 6.07) is 0. The van der Waals surface area contributed by atoms with Gasteiger partial charge in [-0.2, -0.15) is 8.78 Å². The first-order valence-electron chi connectivity index (χ1n) is 4.74. The van der Waals surface area contributed by atoms with Crippen molar-refractivity contribution in [1.29, 1.82) is 0 Å². The SMILES string of the molecule is CCCCCCOC(=O)C(F)(F)S(=O)(=O)[O-]. The average molecular weight is 259 g/mol. The third kappa shape index (κ3) is 4.40. The van der Waals surface area contributed by atoms with Gasteiger partial charge < -0.3 is 9.29 Å². The van der Waals surface area contributed by atoms with Crippen LogP contribution in [-0.2, 0) is 19.6 Å². The van der Waals surface area contributed by atoms with Crippen molar-refractivity contribution in [2.75, 3.05) is 6.61 Å². The van der Waals surface area contributed by atoms with Crippen molar-refractivity contribution in [2.45, 2.75) is 37.9 Å². The number of alkyl halides is 2. The minimum atomic E-state index is -6.01. The van der Waals surface area contributed by atoms with Crippen LogP contribution in [0.3, 0.4) is 0 Å². The van der Waals surface area contributed by atoms with Gasteiger partial charge in [0.05, 0.1) is 6.61 Å². The van der Waals surface area contributed by atoms with E-state index >= 15 is 0 Å². The first-order chi connectivity index (χ1) is 7.23. The Balaban J connectivity index is 4.08. The Hall–Kier alpha value is -0.760. The highest BCUT2D eigenvalue weighted by Gasteiger charge is 2.48. The van der Waals surface area contributed by atoms with Crippen molar-refractivity contribution >= 4 is 16.1 Å². The van der Waals surface area contributed by atoms with Gasteiger partial charge in [0, 0.05) is 0 Å². The summed E-state index contributed by atoms with van der Waals surface area (Å²) in [5, 5.41) is -5.00. The van der Waals surface area contributed by atoms with Crippen LogP contribution < -0.4 is 0 Å². The maximum atomic E-state index is 12.5. The van der Waals surface area contributed by atoms with Crippen LogP contribution in [0.1, 0.15) is 32.6 Å². The normalized spacial score (nSPS) is 12.5. The van der Waals surface area contributed by atoms with Gasteiger partial charge in [0.2, 0.25) is 0 Å². The fraction of sp³-hybridized carbons (Fsp3) is 0.875. The van der Waals surface area contributed by atoms with Crippen molar-refractivity contribution in [2.24, 2.45) is 0 Å². The van der Waals surface area contributed by atoms with Crippen LogP contribution in [0.15, 0.2) is 0 Å². The van der Waals surface area contributed by atoms with Gasteiger partial charge in [0.25, 0.3) is 0 Å². The maximum Gasteiger partial charge on any atom is 0.428 e. The lowest BCUT2D eigenvalue weighted by atomic mass is 10.2. The minimum Gasteiger partial charge on any atom is -0.743 e. The predicted octanol–water partition coefficient (Wildman–Crippen LogP) is 1.25. The van der Waals surface area contributed by atoms with E-state index in [2.05, 4.69) is 4.74 Å². The van der Waals surface area contributed by atoms with E-state index < -0.39 is 21.3 Å². The third-order valence-corrected chi connectivity index (χ3v) is 2.58. The Morgan fingerprint density at radius 1 is 1.31 bits per heavy atom. The van der Waals surface area contributed by atoms with E-state index in [1.54, 1.807) is 0 Å². The summed E-state index contributed by atoms with van der Waals surface area (Å²) in [4.78, 5) is 10.6.